The van der Waals surface area contributed by atoms with Crippen molar-refractivity contribution in [2.75, 3.05) is 14.2 Å². The molecule has 1 aliphatic rings. The van der Waals surface area contributed by atoms with Crippen LogP contribution in [-0.2, 0) is 4.74 Å². The predicted molar refractivity (Wildman–Crippen MR) is 71.8 cm³/mol. The summed E-state index contributed by atoms with van der Waals surface area (Å²) in [7, 11) is 3.63. The number of methoxy groups -OCH3 is 1. The third-order valence-electron chi connectivity index (χ3n) is 3.06. The van der Waals surface area contributed by atoms with Crippen LogP contribution in [0, 0.1) is 0 Å². The van der Waals surface area contributed by atoms with Crippen LogP contribution in [0.3, 0.4) is 0 Å². The van der Waals surface area contributed by atoms with Gasteiger partial charge in [0.05, 0.1) is 5.02 Å². The highest BCUT2D eigenvalue weighted by Crippen LogP contribution is 2.33. The number of hydrogen-bond acceptors (Lipinski definition) is 3. The van der Waals surface area contributed by atoms with E-state index in [0.717, 1.165) is 10.9 Å². The van der Waals surface area contributed by atoms with Crippen LogP contribution in [0.25, 0.3) is 0 Å². The second kappa shape index (κ2) is 5.57. The standard InChI is InChI=1S/C12H15BrClNO2/c1-15-9-6-11(12(9)16-2)17-10-5-7(13)3-4-8(10)14/h3-5,9,11-12,15H,6H2,1-2H3. The van der Waals surface area contributed by atoms with Crippen molar-refractivity contribution in [3.8, 4) is 5.75 Å². The fraction of sp³-hybridized carbons (Fsp3) is 0.500. The molecule has 0 aromatic heterocycles. The van der Waals surface area contributed by atoms with Gasteiger partial charge in [-0.3, -0.25) is 0 Å². The molecule has 1 aliphatic carbocycles. The SMILES string of the molecule is CNC1CC(Oc2cc(Br)ccc2Cl)C1OC. The van der Waals surface area contributed by atoms with Crippen molar-refractivity contribution in [3.63, 3.8) is 0 Å². The summed E-state index contributed by atoms with van der Waals surface area (Å²) in [5.74, 6) is 0.697. The zero-order valence-corrected chi connectivity index (χ0v) is 12.1. The Morgan fingerprint density at radius 2 is 2.24 bits per heavy atom. The van der Waals surface area contributed by atoms with Gasteiger partial charge in [-0.05, 0) is 25.2 Å². The van der Waals surface area contributed by atoms with Crippen LogP contribution in [0.15, 0.2) is 22.7 Å². The summed E-state index contributed by atoms with van der Waals surface area (Å²) in [6.07, 6.45) is 1.07. The second-order valence-corrected chi connectivity index (χ2v) is 5.39. The van der Waals surface area contributed by atoms with Crippen LogP contribution in [0.5, 0.6) is 5.75 Å². The summed E-state index contributed by atoms with van der Waals surface area (Å²) < 4.78 is 12.2. The fourth-order valence-corrected chi connectivity index (χ4v) is 2.53. The molecule has 2 rings (SSSR count). The summed E-state index contributed by atoms with van der Waals surface area (Å²) in [6, 6.07) is 5.94. The summed E-state index contributed by atoms with van der Waals surface area (Å²) in [5.41, 5.74) is 0. The lowest BCUT2D eigenvalue weighted by atomic mass is 9.85. The molecule has 3 nitrogen and oxygen atoms in total. The maximum Gasteiger partial charge on any atom is 0.139 e. The Labute approximate surface area is 115 Å². The van der Waals surface area contributed by atoms with Crippen molar-refractivity contribution in [1.82, 2.24) is 5.32 Å². The van der Waals surface area contributed by atoms with Gasteiger partial charge in [-0.15, -0.1) is 0 Å². The molecule has 5 heteroatoms. The highest BCUT2D eigenvalue weighted by molar-refractivity contribution is 9.10. The molecule has 1 N–H and O–H groups in total. The molecule has 1 saturated carbocycles. The number of rotatable bonds is 4. The average Bonchev–Trinajstić information content (AvgIpc) is 2.28. The molecule has 0 spiro atoms. The van der Waals surface area contributed by atoms with Crippen LogP contribution in [0.4, 0.5) is 0 Å². The van der Waals surface area contributed by atoms with E-state index in [9.17, 15) is 0 Å². The quantitative estimate of drug-likeness (QED) is 0.925. The molecular weight excluding hydrogens is 305 g/mol. The monoisotopic (exact) mass is 319 g/mol. The Morgan fingerprint density at radius 1 is 1.47 bits per heavy atom. The van der Waals surface area contributed by atoms with Crippen LogP contribution in [0.2, 0.25) is 5.02 Å². The van der Waals surface area contributed by atoms with Gasteiger partial charge in [-0.25, -0.2) is 0 Å². The van der Waals surface area contributed by atoms with Gasteiger partial charge in [0.15, 0.2) is 0 Å². The first-order valence-electron chi connectivity index (χ1n) is 5.47. The molecule has 0 bridgehead atoms. The lowest BCUT2D eigenvalue weighted by molar-refractivity contribution is -0.0869. The van der Waals surface area contributed by atoms with E-state index < -0.39 is 0 Å². The van der Waals surface area contributed by atoms with Crippen molar-refractivity contribution in [3.05, 3.63) is 27.7 Å². The van der Waals surface area contributed by atoms with E-state index in [0.29, 0.717) is 16.8 Å². The molecule has 0 heterocycles. The van der Waals surface area contributed by atoms with Gasteiger partial charge in [0.2, 0.25) is 0 Å². The van der Waals surface area contributed by atoms with Gasteiger partial charge in [0.1, 0.15) is 18.0 Å². The molecule has 3 unspecified atom stereocenters. The average molecular weight is 321 g/mol. The van der Waals surface area contributed by atoms with Crippen LogP contribution < -0.4 is 10.1 Å². The third-order valence-corrected chi connectivity index (χ3v) is 3.87. The molecule has 0 saturated heterocycles. The minimum atomic E-state index is 0.0595. The Morgan fingerprint density at radius 3 is 2.88 bits per heavy atom. The normalized spacial score (nSPS) is 27.6. The number of nitrogens with one attached hydrogen (secondary N) is 1. The number of ether oxygens (including phenoxy) is 2. The summed E-state index contributed by atoms with van der Waals surface area (Å²) in [5, 5.41) is 3.82. The highest BCUT2D eigenvalue weighted by Gasteiger charge is 2.42. The van der Waals surface area contributed by atoms with Crippen molar-refractivity contribution >= 4 is 27.5 Å². The maximum atomic E-state index is 6.08. The van der Waals surface area contributed by atoms with Gasteiger partial charge >= 0.3 is 0 Å². The van der Waals surface area contributed by atoms with Crippen molar-refractivity contribution in [1.29, 1.82) is 0 Å². The van der Waals surface area contributed by atoms with Gasteiger partial charge in [0, 0.05) is 24.0 Å². The number of likely N-dealkylation sites (N-methyl/N-ethyl adjacent to an activating group) is 1. The fourth-order valence-electron chi connectivity index (χ4n) is 2.03. The van der Waals surface area contributed by atoms with Gasteiger partial charge < -0.3 is 14.8 Å². The molecule has 1 aromatic rings. The third kappa shape index (κ3) is 2.76. The summed E-state index contributed by atoms with van der Waals surface area (Å²) in [6.45, 7) is 0. The zero-order valence-electron chi connectivity index (χ0n) is 9.74. The number of halogens is 2. The lowest BCUT2D eigenvalue weighted by Crippen LogP contribution is -2.60. The Hall–Kier alpha value is -0.290. The topological polar surface area (TPSA) is 30.5 Å². The van der Waals surface area contributed by atoms with Crippen LogP contribution in [-0.4, -0.2) is 32.4 Å². The molecular formula is C12H15BrClNO2. The zero-order chi connectivity index (χ0) is 12.4. The molecule has 0 amide bonds. The maximum absolute atomic E-state index is 6.08. The van der Waals surface area contributed by atoms with E-state index in [2.05, 4.69) is 21.2 Å². The summed E-state index contributed by atoms with van der Waals surface area (Å²) in [4.78, 5) is 0. The smallest absolute Gasteiger partial charge is 0.139 e. The highest BCUT2D eigenvalue weighted by atomic mass is 79.9. The number of benzene rings is 1. The molecule has 1 aromatic carbocycles. The van der Waals surface area contributed by atoms with Gasteiger partial charge in [-0.1, -0.05) is 27.5 Å². The first kappa shape index (κ1) is 13.1. The van der Waals surface area contributed by atoms with Crippen molar-refractivity contribution < 1.29 is 9.47 Å². The first-order chi connectivity index (χ1) is 8.15. The van der Waals surface area contributed by atoms with Gasteiger partial charge in [-0.2, -0.15) is 0 Å². The molecule has 94 valence electrons. The minimum absolute atomic E-state index is 0.0595. The van der Waals surface area contributed by atoms with Crippen molar-refractivity contribution in [2.24, 2.45) is 0 Å². The molecule has 1 fully saturated rings. The Bertz CT molecular complexity index is 402. The molecule has 0 radical (unpaired) electrons. The van der Waals surface area contributed by atoms with E-state index in [1.165, 1.54) is 0 Å². The van der Waals surface area contributed by atoms with Crippen LogP contribution >= 0.6 is 27.5 Å². The summed E-state index contributed by atoms with van der Waals surface area (Å²) >= 11 is 9.48. The molecule has 17 heavy (non-hydrogen) atoms. The first-order valence-corrected chi connectivity index (χ1v) is 6.64. The largest absolute Gasteiger partial charge is 0.486 e. The Kier molecular flexibility index (Phi) is 4.31. The van der Waals surface area contributed by atoms with E-state index >= 15 is 0 Å². The predicted octanol–water partition coefficient (Wildman–Crippen LogP) is 2.86. The van der Waals surface area contributed by atoms with Gasteiger partial charge in [0.25, 0.3) is 0 Å². The van der Waals surface area contributed by atoms with E-state index in [-0.39, 0.29) is 12.2 Å². The Balaban J connectivity index is 2.04. The lowest BCUT2D eigenvalue weighted by Gasteiger charge is -2.43. The molecule has 3 atom stereocenters. The second-order valence-electron chi connectivity index (χ2n) is 4.06. The van der Waals surface area contributed by atoms with Crippen LogP contribution in [0.1, 0.15) is 6.42 Å². The van der Waals surface area contributed by atoms with E-state index in [4.69, 9.17) is 21.1 Å². The molecule has 0 aliphatic heterocycles. The van der Waals surface area contributed by atoms with E-state index in [1.54, 1.807) is 7.11 Å². The minimum Gasteiger partial charge on any atom is -0.486 e. The van der Waals surface area contributed by atoms with Crippen molar-refractivity contribution in [2.45, 2.75) is 24.7 Å². The number of hydrogen-bond donors (Lipinski definition) is 1. The van der Waals surface area contributed by atoms with E-state index in [1.807, 2.05) is 25.2 Å².